The van der Waals surface area contributed by atoms with E-state index in [4.69, 9.17) is 0 Å². The Labute approximate surface area is 223 Å². The number of piperazine rings is 1. The number of pyridine rings is 1. The van der Waals surface area contributed by atoms with E-state index in [1.54, 1.807) is 6.07 Å². The predicted octanol–water partition coefficient (Wildman–Crippen LogP) is 4.87. The Kier molecular flexibility index (Phi) is 6.62. The first-order valence-corrected chi connectivity index (χ1v) is 13.4. The van der Waals surface area contributed by atoms with Crippen LogP contribution in [0.4, 0.5) is 18.9 Å². The molecule has 0 amide bonds. The zero-order chi connectivity index (χ0) is 27.1. The molecule has 0 spiro atoms. The largest absolute Gasteiger partial charge is 0.416 e. The molecule has 6 rings (SSSR count). The molecule has 39 heavy (non-hydrogen) atoms. The third-order valence-electron chi connectivity index (χ3n) is 7.98. The van der Waals surface area contributed by atoms with Crippen LogP contribution in [0.3, 0.4) is 0 Å². The second-order valence-electron chi connectivity index (χ2n) is 10.5. The second-order valence-corrected chi connectivity index (χ2v) is 10.5. The topological polar surface area (TPSA) is 82.9 Å². The maximum atomic E-state index is 13.5. The van der Waals surface area contributed by atoms with Crippen molar-refractivity contribution >= 4 is 16.6 Å². The number of rotatable bonds is 5. The Bertz CT molecular complexity index is 1530. The highest BCUT2D eigenvalue weighted by Gasteiger charge is 2.35. The van der Waals surface area contributed by atoms with Gasteiger partial charge in [0.15, 0.2) is 5.82 Å². The minimum atomic E-state index is -4.39. The van der Waals surface area contributed by atoms with Crippen molar-refractivity contribution in [3.63, 3.8) is 0 Å². The second kappa shape index (κ2) is 10.1. The van der Waals surface area contributed by atoms with E-state index in [9.17, 15) is 18.0 Å². The molecule has 0 bridgehead atoms. The molecule has 1 unspecified atom stereocenters. The van der Waals surface area contributed by atoms with Gasteiger partial charge in [-0.15, -0.1) is 5.10 Å². The molecule has 8 nitrogen and oxygen atoms in total. The Hall–Kier alpha value is -3.73. The van der Waals surface area contributed by atoms with Crippen LogP contribution in [0.25, 0.3) is 10.9 Å². The summed E-state index contributed by atoms with van der Waals surface area (Å²) >= 11 is 0. The Morgan fingerprint density at radius 2 is 1.77 bits per heavy atom. The van der Waals surface area contributed by atoms with Gasteiger partial charge in [0.05, 0.1) is 11.6 Å². The fourth-order valence-electron chi connectivity index (χ4n) is 5.94. The summed E-state index contributed by atoms with van der Waals surface area (Å²) < 4.78 is 41.8. The minimum Gasteiger partial charge on any atom is -0.369 e. The molecule has 11 heteroatoms. The smallest absolute Gasteiger partial charge is 0.369 e. The lowest BCUT2D eigenvalue weighted by Gasteiger charge is -2.40. The SMILES string of the molecule is Cc1ccc2cc(C(c3nnnn3C3CCCC3)N3CCN(c4cccc(C(F)(F)F)c4)CC3)c(=O)[nH]c2c1. The van der Waals surface area contributed by atoms with Gasteiger partial charge in [0, 0.05) is 42.9 Å². The van der Waals surface area contributed by atoms with Crippen molar-refractivity contribution in [2.24, 2.45) is 0 Å². The summed E-state index contributed by atoms with van der Waals surface area (Å²) in [6.45, 7) is 4.06. The van der Waals surface area contributed by atoms with Crippen LogP contribution in [-0.4, -0.2) is 56.3 Å². The number of hydrogen-bond donors (Lipinski definition) is 1. The van der Waals surface area contributed by atoms with E-state index in [0.717, 1.165) is 48.2 Å². The number of anilines is 1. The van der Waals surface area contributed by atoms with Crippen LogP contribution < -0.4 is 10.5 Å². The zero-order valence-electron chi connectivity index (χ0n) is 21.7. The van der Waals surface area contributed by atoms with Crippen molar-refractivity contribution in [1.82, 2.24) is 30.1 Å². The molecule has 2 aliphatic rings. The van der Waals surface area contributed by atoms with Crippen molar-refractivity contribution in [3.05, 3.63) is 81.4 Å². The number of aromatic nitrogens is 5. The van der Waals surface area contributed by atoms with Gasteiger partial charge in [-0.05, 0) is 71.5 Å². The summed E-state index contributed by atoms with van der Waals surface area (Å²) in [4.78, 5) is 20.7. The third-order valence-corrected chi connectivity index (χ3v) is 7.98. The third kappa shape index (κ3) is 5.03. The highest BCUT2D eigenvalue weighted by molar-refractivity contribution is 5.79. The number of aromatic amines is 1. The molecule has 1 saturated heterocycles. The standard InChI is InChI=1S/C28H30F3N7O/c1-18-9-10-19-16-23(27(39)32-24(19)15-18)25(26-33-34-35-38(26)21-6-2-3-7-21)37-13-11-36(12-14-37)22-8-4-5-20(17-22)28(29,30)31/h4-5,8-10,15-17,21,25H,2-3,6-7,11-14H2,1H3,(H,32,39). The fraction of sp³-hybridized carbons (Fsp3) is 0.429. The van der Waals surface area contributed by atoms with E-state index >= 15 is 0 Å². The van der Waals surface area contributed by atoms with Gasteiger partial charge in [0.25, 0.3) is 5.56 Å². The van der Waals surface area contributed by atoms with E-state index in [0.29, 0.717) is 43.3 Å². The maximum Gasteiger partial charge on any atom is 0.416 e. The normalized spacial score (nSPS) is 18.2. The quantitative estimate of drug-likeness (QED) is 0.391. The van der Waals surface area contributed by atoms with Crippen LogP contribution in [-0.2, 0) is 6.18 Å². The number of halogens is 3. The Morgan fingerprint density at radius 1 is 1.00 bits per heavy atom. The molecule has 1 aliphatic carbocycles. The highest BCUT2D eigenvalue weighted by atomic mass is 19.4. The summed E-state index contributed by atoms with van der Waals surface area (Å²) in [6, 6.07) is 13.0. The number of nitrogens with one attached hydrogen (secondary N) is 1. The first-order valence-electron chi connectivity index (χ1n) is 13.4. The molecule has 1 aliphatic heterocycles. The number of hydrogen-bond acceptors (Lipinski definition) is 6. The molecule has 2 fully saturated rings. The molecule has 3 heterocycles. The van der Waals surface area contributed by atoms with Crippen LogP contribution in [0.5, 0.6) is 0 Å². The van der Waals surface area contributed by atoms with Gasteiger partial charge in [-0.2, -0.15) is 13.2 Å². The molecule has 2 aromatic heterocycles. The van der Waals surface area contributed by atoms with Crippen molar-refractivity contribution in [3.8, 4) is 0 Å². The summed E-state index contributed by atoms with van der Waals surface area (Å²) in [5.74, 6) is 0.631. The monoisotopic (exact) mass is 537 g/mol. The van der Waals surface area contributed by atoms with Crippen molar-refractivity contribution < 1.29 is 13.2 Å². The number of benzene rings is 2. The van der Waals surface area contributed by atoms with Crippen molar-refractivity contribution in [2.75, 3.05) is 31.1 Å². The molecule has 1 N–H and O–H groups in total. The lowest BCUT2D eigenvalue weighted by Crippen LogP contribution is -2.49. The summed E-state index contributed by atoms with van der Waals surface area (Å²) in [6.07, 6.45) is -0.195. The van der Waals surface area contributed by atoms with Crippen LogP contribution in [0.1, 0.15) is 60.3 Å². The highest BCUT2D eigenvalue weighted by Crippen LogP contribution is 2.35. The summed E-state index contributed by atoms with van der Waals surface area (Å²) in [5.41, 5.74) is 2.07. The average molecular weight is 538 g/mol. The van der Waals surface area contributed by atoms with Gasteiger partial charge in [0.1, 0.15) is 6.04 Å². The van der Waals surface area contributed by atoms with Crippen molar-refractivity contribution in [2.45, 2.75) is 50.9 Å². The van der Waals surface area contributed by atoms with E-state index in [1.807, 2.05) is 40.8 Å². The number of tetrazole rings is 1. The average Bonchev–Trinajstić information content (AvgIpc) is 3.62. The molecular weight excluding hydrogens is 507 g/mol. The van der Waals surface area contributed by atoms with Gasteiger partial charge in [-0.25, -0.2) is 4.68 Å². The van der Waals surface area contributed by atoms with Gasteiger partial charge >= 0.3 is 6.18 Å². The van der Waals surface area contributed by atoms with Gasteiger partial charge < -0.3 is 9.88 Å². The number of aryl methyl sites for hydroxylation is 1. The van der Waals surface area contributed by atoms with Crippen LogP contribution in [0.15, 0.2) is 53.3 Å². The molecule has 2 aromatic carbocycles. The molecule has 4 aromatic rings. The van der Waals surface area contributed by atoms with E-state index in [-0.39, 0.29) is 11.6 Å². The van der Waals surface area contributed by atoms with Crippen LogP contribution in [0, 0.1) is 6.92 Å². The summed E-state index contributed by atoms with van der Waals surface area (Å²) in [5, 5.41) is 13.7. The number of alkyl halides is 3. The molecule has 1 saturated carbocycles. The lowest BCUT2D eigenvalue weighted by molar-refractivity contribution is -0.137. The number of H-pyrrole nitrogens is 1. The Balaban J connectivity index is 1.35. The molecule has 204 valence electrons. The number of fused-ring (bicyclic) bond motifs is 1. The minimum absolute atomic E-state index is 0.186. The maximum absolute atomic E-state index is 13.5. The first kappa shape index (κ1) is 25.5. The lowest BCUT2D eigenvalue weighted by atomic mass is 10.0. The number of nitrogens with zero attached hydrogens (tertiary/aromatic N) is 6. The van der Waals surface area contributed by atoms with E-state index in [2.05, 4.69) is 25.4 Å². The fourth-order valence-corrected chi connectivity index (χ4v) is 5.94. The van der Waals surface area contributed by atoms with E-state index < -0.39 is 17.8 Å². The molecular formula is C28H30F3N7O. The van der Waals surface area contributed by atoms with Crippen LogP contribution >= 0.6 is 0 Å². The van der Waals surface area contributed by atoms with Crippen molar-refractivity contribution in [1.29, 1.82) is 0 Å². The molecule has 0 radical (unpaired) electrons. The van der Waals surface area contributed by atoms with Gasteiger partial charge in [-0.1, -0.05) is 31.0 Å². The first-order chi connectivity index (χ1) is 18.8. The molecule has 1 atom stereocenters. The Morgan fingerprint density at radius 3 is 2.51 bits per heavy atom. The van der Waals surface area contributed by atoms with Gasteiger partial charge in [-0.3, -0.25) is 9.69 Å². The van der Waals surface area contributed by atoms with E-state index in [1.165, 1.54) is 12.1 Å². The zero-order valence-corrected chi connectivity index (χ0v) is 21.7. The van der Waals surface area contributed by atoms with Crippen LogP contribution in [0.2, 0.25) is 0 Å². The summed E-state index contributed by atoms with van der Waals surface area (Å²) in [7, 11) is 0. The predicted molar refractivity (Wildman–Crippen MR) is 142 cm³/mol. The van der Waals surface area contributed by atoms with Gasteiger partial charge in [0.2, 0.25) is 0 Å².